The number of benzene rings is 1. The Bertz CT molecular complexity index is 617. The van der Waals surface area contributed by atoms with Crippen LogP contribution in [0.5, 0.6) is 0 Å². The first-order valence-corrected chi connectivity index (χ1v) is 7.61. The number of imide groups is 1. The molecular weight excluding hydrogens is 303 g/mol. The van der Waals surface area contributed by atoms with Crippen molar-refractivity contribution in [3.8, 4) is 0 Å². The van der Waals surface area contributed by atoms with Crippen LogP contribution < -0.4 is 15.5 Å². The molecule has 0 aliphatic carbocycles. The number of carbonyl (C=O) groups is 2. The second kappa shape index (κ2) is 6.51. The van der Waals surface area contributed by atoms with E-state index in [9.17, 15) is 19.2 Å². The van der Waals surface area contributed by atoms with Crippen molar-refractivity contribution >= 4 is 23.2 Å². The van der Waals surface area contributed by atoms with Gasteiger partial charge in [0.1, 0.15) is 11.9 Å². The van der Waals surface area contributed by atoms with E-state index in [1.165, 1.54) is 11.1 Å². The van der Waals surface area contributed by atoms with Crippen molar-refractivity contribution in [2.75, 3.05) is 36.4 Å². The van der Waals surface area contributed by atoms with Crippen molar-refractivity contribution in [1.82, 2.24) is 10.4 Å². The summed E-state index contributed by atoms with van der Waals surface area (Å²) in [5.74, 6) is -1.05. The summed E-state index contributed by atoms with van der Waals surface area (Å²) < 4.78 is 14.3. The number of anilines is 2. The van der Waals surface area contributed by atoms with Crippen molar-refractivity contribution in [1.29, 1.82) is 0 Å². The zero-order valence-corrected chi connectivity index (χ0v) is 12.6. The molecule has 23 heavy (non-hydrogen) atoms. The van der Waals surface area contributed by atoms with E-state index < -0.39 is 6.04 Å². The largest absolute Gasteiger partial charge is 0.374 e. The Kier molecular flexibility index (Phi) is 4.44. The third-order valence-corrected chi connectivity index (χ3v) is 4.12. The van der Waals surface area contributed by atoms with Crippen LogP contribution in [-0.2, 0) is 9.59 Å². The van der Waals surface area contributed by atoms with Gasteiger partial charge in [0.2, 0.25) is 11.8 Å². The third kappa shape index (κ3) is 3.59. The summed E-state index contributed by atoms with van der Waals surface area (Å²) in [6, 6.07) is 4.20. The van der Waals surface area contributed by atoms with Gasteiger partial charge in [-0.15, -0.1) is 0 Å². The molecule has 2 aliphatic heterocycles. The summed E-state index contributed by atoms with van der Waals surface area (Å²) >= 11 is 0. The highest BCUT2D eigenvalue weighted by Gasteiger charge is 2.26. The smallest absolute Gasteiger partial charge is 0.249 e. The quantitative estimate of drug-likeness (QED) is 0.705. The van der Waals surface area contributed by atoms with Crippen molar-refractivity contribution in [3.05, 3.63) is 24.0 Å². The lowest BCUT2D eigenvalue weighted by Gasteiger charge is -2.33. The minimum absolute atomic E-state index is 0.273. The van der Waals surface area contributed by atoms with Crippen LogP contribution in [0.2, 0.25) is 0 Å². The molecule has 2 saturated heterocycles. The van der Waals surface area contributed by atoms with Gasteiger partial charge >= 0.3 is 0 Å². The van der Waals surface area contributed by atoms with E-state index in [-0.39, 0.29) is 24.1 Å². The molecule has 2 heterocycles. The van der Waals surface area contributed by atoms with Crippen LogP contribution in [0.4, 0.5) is 15.8 Å². The Hall–Kier alpha value is -2.19. The SMILES string of the molecule is O=C1CCC(Nc2ccc(N3CCN(O)CC3)c(F)c2)C(=O)N1. The molecule has 2 aliphatic rings. The summed E-state index contributed by atoms with van der Waals surface area (Å²) in [4.78, 5) is 24.7. The average molecular weight is 322 g/mol. The zero-order chi connectivity index (χ0) is 16.4. The fourth-order valence-corrected chi connectivity index (χ4v) is 2.82. The van der Waals surface area contributed by atoms with Gasteiger partial charge in [-0.1, -0.05) is 0 Å². The number of halogens is 1. The summed E-state index contributed by atoms with van der Waals surface area (Å²) in [7, 11) is 0. The molecule has 124 valence electrons. The molecule has 1 atom stereocenters. The van der Waals surface area contributed by atoms with Gasteiger partial charge in [0.05, 0.1) is 5.69 Å². The van der Waals surface area contributed by atoms with Crippen molar-refractivity contribution in [2.24, 2.45) is 0 Å². The Morgan fingerprint density at radius 1 is 1.22 bits per heavy atom. The van der Waals surface area contributed by atoms with Crippen LogP contribution in [0.3, 0.4) is 0 Å². The van der Waals surface area contributed by atoms with Crippen LogP contribution in [0.25, 0.3) is 0 Å². The molecule has 1 aromatic carbocycles. The predicted octanol–water partition coefficient (Wildman–Crippen LogP) is 0.554. The van der Waals surface area contributed by atoms with Gasteiger partial charge in [0.15, 0.2) is 0 Å². The first kappa shape index (κ1) is 15.7. The molecule has 0 spiro atoms. The van der Waals surface area contributed by atoms with Crippen LogP contribution in [0, 0.1) is 5.82 Å². The monoisotopic (exact) mass is 322 g/mol. The number of hydrogen-bond donors (Lipinski definition) is 3. The van der Waals surface area contributed by atoms with Crippen LogP contribution in [0.1, 0.15) is 12.8 Å². The van der Waals surface area contributed by atoms with E-state index in [1.807, 2.05) is 4.90 Å². The molecule has 7 nitrogen and oxygen atoms in total. The molecule has 2 fully saturated rings. The second-order valence-corrected chi connectivity index (χ2v) is 5.75. The topological polar surface area (TPSA) is 84.9 Å². The lowest BCUT2D eigenvalue weighted by molar-refractivity contribution is -0.133. The van der Waals surface area contributed by atoms with Crippen molar-refractivity contribution in [3.63, 3.8) is 0 Å². The molecule has 8 heteroatoms. The minimum atomic E-state index is -0.532. The van der Waals surface area contributed by atoms with Gasteiger partial charge in [-0.2, -0.15) is 5.06 Å². The number of piperidine rings is 1. The summed E-state index contributed by atoms with van der Waals surface area (Å²) in [5, 5.41) is 15.8. The number of amides is 2. The van der Waals surface area contributed by atoms with E-state index in [2.05, 4.69) is 10.6 Å². The van der Waals surface area contributed by atoms with Crippen molar-refractivity contribution in [2.45, 2.75) is 18.9 Å². The molecule has 2 amide bonds. The standard InChI is InChI=1S/C15H19FN4O3/c16-11-9-10(17-12-2-4-14(21)18-15(12)22)1-3-13(11)19-5-7-20(23)8-6-19/h1,3,9,12,17,23H,2,4-8H2,(H,18,21,22). The van der Waals surface area contributed by atoms with Crippen LogP contribution in [-0.4, -0.2) is 54.3 Å². The van der Waals surface area contributed by atoms with Gasteiger partial charge in [-0.05, 0) is 24.6 Å². The highest BCUT2D eigenvalue weighted by Crippen LogP contribution is 2.25. The highest BCUT2D eigenvalue weighted by atomic mass is 19.1. The van der Waals surface area contributed by atoms with Gasteiger partial charge in [0, 0.05) is 38.3 Å². The maximum absolute atomic E-state index is 14.3. The minimum Gasteiger partial charge on any atom is -0.374 e. The summed E-state index contributed by atoms with van der Waals surface area (Å²) in [6.45, 7) is 2.03. The Balaban J connectivity index is 1.67. The van der Waals surface area contributed by atoms with Crippen LogP contribution >= 0.6 is 0 Å². The highest BCUT2D eigenvalue weighted by molar-refractivity contribution is 6.01. The van der Waals surface area contributed by atoms with Crippen LogP contribution in [0.15, 0.2) is 18.2 Å². The number of carbonyl (C=O) groups excluding carboxylic acids is 2. The molecule has 1 unspecified atom stereocenters. The normalized spacial score (nSPS) is 22.9. The number of piperazine rings is 1. The predicted molar refractivity (Wildman–Crippen MR) is 81.8 cm³/mol. The molecule has 0 aromatic heterocycles. The van der Waals surface area contributed by atoms with Gasteiger partial charge in [-0.3, -0.25) is 14.9 Å². The van der Waals surface area contributed by atoms with Gasteiger partial charge in [0.25, 0.3) is 0 Å². The molecular formula is C15H19FN4O3. The fourth-order valence-electron chi connectivity index (χ4n) is 2.82. The van der Waals surface area contributed by atoms with E-state index in [0.717, 1.165) is 0 Å². The fraction of sp³-hybridized carbons (Fsp3) is 0.467. The molecule has 3 N–H and O–H groups in total. The Morgan fingerprint density at radius 3 is 2.61 bits per heavy atom. The summed E-state index contributed by atoms with van der Waals surface area (Å²) in [6.07, 6.45) is 0.669. The number of rotatable bonds is 3. The zero-order valence-electron chi connectivity index (χ0n) is 12.6. The molecule has 0 radical (unpaired) electrons. The number of hydrogen-bond acceptors (Lipinski definition) is 6. The maximum Gasteiger partial charge on any atom is 0.249 e. The molecule has 3 rings (SSSR count). The van der Waals surface area contributed by atoms with E-state index in [1.54, 1.807) is 12.1 Å². The van der Waals surface area contributed by atoms with E-state index in [4.69, 9.17) is 0 Å². The Morgan fingerprint density at radius 2 is 1.96 bits per heavy atom. The van der Waals surface area contributed by atoms with Crippen molar-refractivity contribution < 1.29 is 19.2 Å². The lowest BCUT2D eigenvalue weighted by Crippen LogP contribution is -2.47. The van der Waals surface area contributed by atoms with Gasteiger partial charge < -0.3 is 15.4 Å². The maximum atomic E-state index is 14.3. The third-order valence-electron chi connectivity index (χ3n) is 4.12. The average Bonchev–Trinajstić information content (AvgIpc) is 2.51. The van der Waals surface area contributed by atoms with E-state index in [0.29, 0.717) is 44.0 Å². The first-order valence-electron chi connectivity index (χ1n) is 7.61. The number of nitrogens with one attached hydrogen (secondary N) is 2. The molecule has 0 saturated carbocycles. The Labute approximate surface area is 133 Å². The number of nitrogens with zero attached hydrogens (tertiary/aromatic N) is 2. The molecule has 1 aromatic rings. The summed E-state index contributed by atoms with van der Waals surface area (Å²) in [5.41, 5.74) is 0.980. The molecule has 0 bridgehead atoms. The number of hydroxylamine groups is 2. The second-order valence-electron chi connectivity index (χ2n) is 5.75. The van der Waals surface area contributed by atoms with E-state index >= 15 is 0 Å². The van der Waals surface area contributed by atoms with Gasteiger partial charge in [-0.25, -0.2) is 4.39 Å². The lowest BCUT2D eigenvalue weighted by atomic mass is 10.1. The first-order chi connectivity index (χ1) is 11.0.